The average Bonchev–Trinajstić information content (AvgIpc) is 2.66. The highest BCUT2D eigenvalue weighted by Crippen LogP contribution is 2.39. The monoisotopic (exact) mass is 280 g/mol. The first kappa shape index (κ1) is 16.3. The highest BCUT2D eigenvalue weighted by Gasteiger charge is 2.38. The van der Waals surface area contributed by atoms with Crippen LogP contribution in [0.25, 0.3) is 0 Å². The van der Waals surface area contributed by atoms with Crippen molar-refractivity contribution in [2.45, 2.75) is 83.7 Å². The molecule has 2 heteroatoms. The third-order valence-electron chi connectivity index (χ3n) is 5.99. The molecule has 0 radical (unpaired) electrons. The Morgan fingerprint density at radius 3 is 2.25 bits per heavy atom. The summed E-state index contributed by atoms with van der Waals surface area (Å²) >= 11 is 0. The SMILES string of the molecule is CNC1C(CN(C)C2CCCCCC2)CCCC1(C)C. The van der Waals surface area contributed by atoms with Crippen molar-refractivity contribution < 1.29 is 0 Å². The van der Waals surface area contributed by atoms with E-state index in [0.717, 1.165) is 12.0 Å². The van der Waals surface area contributed by atoms with Crippen LogP contribution in [0.3, 0.4) is 0 Å². The summed E-state index contributed by atoms with van der Waals surface area (Å²) in [5.41, 5.74) is 0.460. The summed E-state index contributed by atoms with van der Waals surface area (Å²) in [7, 11) is 4.54. The lowest BCUT2D eigenvalue weighted by Gasteiger charge is -2.46. The Labute approximate surface area is 126 Å². The van der Waals surface area contributed by atoms with Crippen LogP contribution < -0.4 is 5.32 Å². The zero-order chi connectivity index (χ0) is 14.6. The van der Waals surface area contributed by atoms with Gasteiger partial charge in [0, 0.05) is 18.6 Å². The van der Waals surface area contributed by atoms with E-state index in [1.807, 2.05) is 0 Å². The Morgan fingerprint density at radius 2 is 1.65 bits per heavy atom. The summed E-state index contributed by atoms with van der Waals surface area (Å²) < 4.78 is 0. The first-order chi connectivity index (χ1) is 9.54. The molecule has 2 atom stereocenters. The van der Waals surface area contributed by atoms with Gasteiger partial charge in [-0.1, -0.05) is 46.0 Å². The summed E-state index contributed by atoms with van der Waals surface area (Å²) in [5, 5.41) is 3.64. The maximum atomic E-state index is 3.64. The van der Waals surface area contributed by atoms with Gasteiger partial charge in [-0.25, -0.2) is 0 Å². The minimum atomic E-state index is 0.460. The Hall–Kier alpha value is -0.0800. The van der Waals surface area contributed by atoms with E-state index in [1.54, 1.807) is 0 Å². The van der Waals surface area contributed by atoms with E-state index < -0.39 is 0 Å². The van der Waals surface area contributed by atoms with E-state index in [0.29, 0.717) is 11.5 Å². The summed E-state index contributed by atoms with van der Waals surface area (Å²) in [6, 6.07) is 1.53. The number of hydrogen-bond acceptors (Lipinski definition) is 2. The first-order valence-electron chi connectivity index (χ1n) is 8.92. The predicted molar refractivity (Wildman–Crippen MR) is 88.1 cm³/mol. The molecule has 0 saturated heterocycles. The second-order valence-corrected chi connectivity index (χ2v) is 7.99. The molecule has 1 N–H and O–H groups in total. The van der Waals surface area contributed by atoms with Crippen molar-refractivity contribution in [1.82, 2.24) is 10.2 Å². The molecule has 2 saturated carbocycles. The van der Waals surface area contributed by atoms with Gasteiger partial charge in [0.15, 0.2) is 0 Å². The first-order valence-corrected chi connectivity index (χ1v) is 8.92. The van der Waals surface area contributed by atoms with Gasteiger partial charge in [-0.05, 0) is 51.1 Å². The van der Waals surface area contributed by atoms with Crippen molar-refractivity contribution in [1.29, 1.82) is 0 Å². The average molecular weight is 280 g/mol. The molecule has 118 valence electrons. The standard InChI is InChI=1S/C18H36N2/c1-18(2)13-9-10-15(17(18)19-3)14-20(4)16-11-7-5-6-8-12-16/h15-17,19H,5-14H2,1-4H3. The zero-order valence-electron chi connectivity index (χ0n) is 14.3. The van der Waals surface area contributed by atoms with E-state index in [2.05, 4.69) is 38.2 Å². The van der Waals surface area contributed by atoms with Gasteiger partial charge in [-0.2, -0.15) is 0 Å². The highest BCUT2D eigenvalue weighted by atomic mass is 15.1. The zero-order valence-corrected chi connectivity index (χ0v) is 14.3. The second kappa shape index (κ2) is 7.26. The Morgan fingerprint density at radius 1 is 1.00 bits per heavy atom. The van der Waals surface area contributed by atoms with Crippen molar-refractivity contribution in [2.75, 3.05) is 20.6 Å². The molecular weight excluding hydrogens is 244 g/mol. The van der Waals surface area contributed by atoms with Gasteiger partial charge in [0.2, 0.25) is 0 Å². The van der Waals surface area contributed by atoms with Gasteiger partial charge in [0.25, 0.3) is 0 Å². The molecule has 0 aliphatic heterocycles. The van der Waals surface area contributed by atoms with Crippen molar-refractivity contribution >= 4 is 0 Å². The molecule has 2 fully saturated rings. The summed E-state index contributed by atoms with van der Waals surface area (Å²) in [4.78, 5) is 2.70. The van der Waals surface area contributed by atoms with Crippen LogP contribution in [0.4, 0.5) is 0 Å². The van der Waals surface area contributed by atoms with Gasteiger partial charge in [-0.15, -0.1) is 0 Å². The summed E-state index contributed by atoms with van der Waals surface area (Å²) in [6.07, 6.45) is 12.9. The molecule has 0 aromatic carbocycles. The largest absolute Gasteiger partial charge is 0.316 e. The van der Waals surface area contributed by atoms with Gasteiger partial charge in [0.05, 0.1) is 0 Å². The lowest BCUT2D eigenvalue weighted by atomic mass is 9.67. The molecular formula is C18H36N2. The molecule has 20 heavy (non-hydrogen) atoms. The van der Waals surface area contributed by atoms with Crippen LogP contribution in [0.2, 0.25) is 0 Å². The van der Waals surface area contributed by atoms with Gasteiger partial charge < -0.3 is 10.2 Å². The molecule has 2 nitrogen and oxygen atoms in total. The van der Waals surface area contributed by atoms with Gasteiger partial charge in [-0.3, -0.25) is 0 Å². The molecule has 0 aromatic rings. The fourth-order valence-electron chi connectivity index (χ4n) is 4.82. The molecule has 0 spiro atoms. The number of nitrogens with zero attached hydrogens (tertiary/aromatic N) is 1. The highest BCUT2D eigenvalue weighted by molar-refractivity contribution is 4.94. The van der Waals surface area contributed by atoms with Crippen LogP contribution in [0.1, 0.15) is 71.6 Å². The fourth-order valence-corrected chi connectivity index (χ4v) is 4.82. The lowest BCUT2D eigenvalue weighted by molar-refractivity contribution is 0.0760. The fraction of sp³-hybridized carbons (Fsp3) is 1.00. The lowest BCUT2D eigenvalue weighted by Crippen LogP contribution is -2.52. The van der Waals surface area contributed by atoms with Crippen molar-refractivity contribution in [2.24, 2.45) is 11.3 Å². The molecule has 2 rings (SSSR count). The van der Waals surface area contributed by atoms with E-state index in [1.165, 1.54) is 64.3 Å². The molecule has 0 amide bonds. The maximum absolute atomic E-state index is 3.64. The van der Waals surface area contributed by atoms with Crippen molar-refractivity contribution in [3.05, 3.63) is 0 Å². The van der Waals surface area contributed by atoms with Crippen LogP contribution in [0.15, 0.2) is 0 Å². The number of hydrogen-bond donors (Lipinski definition) is 1. The van der Waals surface area contributed by atoms with Crippen LogP contribution in [-0.2, 0) is 0 Å². The number of nitrogens with one attached hydrogen (secondary N) is 1. The van der Waals surface area contributed by atoms with E-state index >= 15 is 0 Å². The Kier molecular flexibility index (Phi) is 5.92. The normalized spacial score (nSPS) is 32.2. The topological polar surface area (TPSA) is 15.3 Å². The van der Waals surface area contributed by atoms with Gasteiger partial charge >= 0.3 is 0 Å². The van der Waals surface area contributed by atoms with Crippen molar-refractivity contribution in [3.8, 4) is 0 Å². The maximum Gasteiger partial charge on any atom is 0.0156 e. The van der Waals surface area contributed by atoms with Crippen LogP contribution >= 0.6 is 0 Å². The van der Waals surface area contributed by atoms with Crippen LogP contribution in [0, 0.1) is 11.3 Å². The summed E-state index contributed by atoms with van der Waals surface area (Å²) in [6.45, 7) is 6.19. The quantitative estimate of drug-likeness (QED) is 0.781. The van der Waals surface area contributed by atoms with Crippen LogP contribution in [-0.4, -0.2) is 37.6 Å². The molecule has 0 bridgehead atoms. The smallest absolute Gasteiger partial charge is 0.0156 e. The number of rotatable bonds is 4. The third-order valence-corrected chi connectivity index (χ3v) is 5.99. The molecule has 2 unspecified atom stereocenters. The van der Waals surface area contributed by atoms with E-state index in [-0.39, 0.29) is 0 Å². The minimum Gasteiger partial charge on any atom is -0.316 e. The van der Waals surface area contributed by atoms with Crippen molar-refractivity contribution in [3.63, 3.8) is 0 Å². The molecule has 0 heterocycles. The van der Waals surface area contributed by atoms with E-state index in [9.17, 15) is 0 Å². The van der Waals surface area contributed by atoms with E-state index in [4.69, 9.17) is 0 Å². The molecule has 2 aliphatic carbocycles. The Balaban J connectivity index is 1.93. The minimum absolute atomic E-state index is 0.460. The summed E-state index contributed by atoms with van der Waals surface area (Å²) in [5.74, 6) is 0.831. The Bertz CT molecular complexity index is 279. The predicted octanol–water partition coefficient (Wildman–Crippen LogP) is 4.06. The van der Waals surface area contributed by atoms with Gasteiger partial charge in [0.1, 0.15) is 0 Å². The third kappa shape index (κ3) is 3.98. The molecule has 0 aromatic heterocycles. The molecule has 2 aliphatic rings. The second-order valence-electron chi connectivity index (χ2n) is 7.99. The van der Waals surface area contributed by atoms with Crippen LogP contribution in [0.5, 0.6) is 0 Å².